The minimum Gasteiger partial charge on any atom is -0.506 e. The van der Waals surface area contributed by atoms with E-state index in [9.17, 15) is 9.90 Å². The lowest BCUT2D eigenvalue weighted by Crippen LogP contribution is -2.34. The number of hydrogen-bond acceptors (Lipinski definition) is 4. The lowest BCUT2D eigenvalue weighted by atomic mass is 10.2. The van der Waals surface area contributed by atoms with Crippen LogP contribution in [0, 0.1) is 0 Å². The summed E-state index contributed by atoms with van der Waals surface area (Å²) < 4.78 is 4.96. The smallest absolute Gasteiger partial charge is 0.333 e. The summed E-state index contributed by atoms with van der Waals surface area (Å²) in [5, 5.41) is 12.3. The van der Waals surface area contributed by atoms with E-state index in [4.69, 9.17) is 4.74 Å². The van der Waals surface area contributed by atoms with Crippen LogP contribution in [-0.2, 0) is 4.79 Å². The van der Waals surface area contributed by atoms with Gasteiger partial charge in [-0.1, -0.05) is 6.07 Å². The van der Waals surface area contributed by atoms with Gasteiger partial charge in [0.2, 0.25) is 0 Å². The molecule has 0 saturated heterocycles. The van der Waals surface area contributed by atoms with Gasteiger partial charge < -0.3 is 15.2 Å². The van der Waals surface area contributed by atoms with Crippen molar-refractivity contribution in [3.63, 3.8) is 0 Å². The number of ether oxygens (including phenoxy) is 1. The van der Waals surface area contributed by atoms with E-state index in [2.05, 4.69) is 5.32 Å². The molecular weight excluding hydrogens is 170 g/mol. The molecule has 1 atom stereocenters. The van der Waals surface area contributed by atoms with Crippen molar-refractivity contribution < 1.29 is 14.6 Å². The minimum absolute atomic E-state index is 0.0943. The van der Waals surface area contributed by atoms with Gasteiger partial charge in [-0.05, 0) is 19.1 Å². The Hall–Kier alpha value is -1.71. The number of esters is 1. The number of carbonyl (C=O) groups excluding carboxylic acids is 1. The van der Waals surface area contributed by atoms with Crippen molar-refractivity contribution in [3.8, 4) is 11.5 Å². The maximum atomic E-state index is 11.1. The number of hydrogen-bond donors (Lipinski definition) is 2. The van der Waals surface area contributed by atoms with Gasteiger partial charge in [-0.15, -0.1) is 0 Å². The molecule has 2 rings (SSSR count). The average molecular weight is 179 g/mol. The molecule has 0 aromatic heterocycles. The Labute approximate surface area is 75.1 Å². The highest BCUT2D eigenvalue weighted by atomic mass is 16.5. The molecule has 2 N–H and O–H groups in total. The van der Waals surface area contributed by atoms with Crippen LogP contribution < -0.4 is 10.1 Å². The van der Waals surface area contributed by atoms with Gasteiger partial charge in [0.05, 0.1) is 0 Å². The molecule has 1 unspecified atom stereocenters. The van der Waals surface area contributed by atoms with Crippen LogP contribution in [-0.4, -0.2) is 17.1 Å². The maximum Gasteiger partial charge on any atom is 0.333 e. The predicted octanol–water partition coefficient (Wildman–Crippen LogP) is 1.11. The van der Waals surface area contributed by atoms with Crippen molar-refractivity contribution >= 4 is 11.7 Å². The zero-order valence-corrected chi connectivity index (χ0v) is 7.07. The van der Waals surface area contributed by atoms with Crippen LogP contribution in [0.4, 0.5) is 5.69 Å². The molecule has 0 bridgehead atoms. The second-order valence-corrected chi connectivity index (χ2v) is 2.94. The normalized spacial score (nSPS) is 20.1. The largest absolute Gasteiger partial charge is 0.506 e. The fourth-order valence-electron chi connectivity index (χ4n) is 1.22. The number of benzene rings is 1. The lowest BCUT2D eigenvalue weighted by molar-refractivity contribution is -0.135. The first-order valence-electron chi connectivity index (χ1n) is 3.98. The van der Waals surface area contributed by atoms with Crippen LogP contribution in [0.15, 0.2) is 18.2 Å². The number of aromatic hydroxyl groups is 1. The molecule has 1 heterocycles. The van der Waals surface area contributed by atoms with E-state index in [1.807, 2.05) is 0 Å². The van der Waals surface area contributed by atoms with Gasteiger partial charge in [-0.25, -0.2) is 4.79 Å². The van der Waals surface area contributed by atoms with Gasteiger partial charge in [0, 0.05) is 0 Å². The third kappa shape index (κ3) is 1.20. The molecule has 13 heavy (non-hydrogen) atoms. The number of para-hydroxylation sites is 1. The quantitative estimate of drug-likeness (QED) is 0.356. The third-order valence-corrected chi connectivity index (χ3v) is 1.93. The average Bonchev–Trinajstić information content (AvgIpc) is 2.09. The van der Waals surface area contributed by atoms with Gasteiger partial charge in [0.25, 0.3) is 0 Å². The molecule has 4 heteroatoms. The molecule has 0 saturated carbocycles. The van der Waals surface area contributed by atoms with E-state index in [0.717, 1.165) is 0 Å². The van der Waals surface area contributed by atoms with Crippen LogP contribution in [0.2, 0.25) is 0 Å². The number of nitrogens with one attached hydrogen (secondary N) is 1. The summed E-state index contributed by atoms with van der Waals surface area (Å²) in [5.74, 6) is 0.137. The first kappa shape index (κ1) is 7.91. The Morgan fingerprint density at radius 1 is 1.54 bits per heavy atom. The maximum absolute atomic E-state index is 11.1. The second kappa shape index (κ2) is 2.65. The molecule has 0 fully saturated rings. The van der Waals surface area contributed by atoms with Crippen LogP contribution in [0.1, 0.15) is 6.92 Å². The van der Waals surface area contributed by atoms with E-state index < -0.39 is 6.04 Å². The highest BCUT2D eigenvalue weighted by molar-refractivity contribution is 5.87. The fraction of sp³-hybridized carbons (Fsp3) is 0.222. The number of carbonyl (C=O) groups is 1. The highest BCUT2D eigenvalue weighted by Gasteiger charge is 2.25. The standard InChI is InChI=1S/C9H9NO3/c1-5-9(12)13-7-4-2-3-6(11)8(7)10-5/h2-5,10-11H,1H3. The van der Waals surface area contributed by atoms with Crippen molar-refractivity contribution in [2.75, 3.05) is 5.32 Å². The molecule has 1 aliphatic heterocycles. The molecule has 0 radical (unpaired) electrons. The van der Waals surface area contributed by atoms with Crippen molar-refractivity contribution in [2.45, 2.75) is 13.0 Å². The van der Waals surface area contributed by atoms with Crippen molar-refractivity contribution in [1.82, 2.24) is 0 Å². The first-order valence-corrected chi connectivity index (χ1v) is 3.98. The number of phenols is 1. The summed E-state index contributed by atoms with van der Waals surface area (Å²) >= 11 is 0. The molecule has 1 aromatic rings. The van der Waals surface area contributed by atoms with E-state index in [1.54, 1.807) is 19.1 Å². The van der Waals surface area contributed by atoms with Crippen LogP contribution in [0.25, 0.3) is 0 Å². The first-order chi connectivity index (χ1) is 6.18. The summed E-state index contributed by atoms with van der Waals surface area (Å²) in [7, 11) is 0. The number of fused-ring (bicyclic) bond motifs is 1. The van der Waals surface area contributed by atoms with Crippen molar-refractivity contribution in [2.24, 2.45) is 0 Å². The minimum atomic E-state index is -0.416. The molecule has 1 aromatic carbocycles. The summed E-state index contributed by atoms with van der Waals surface area (Å²) in [6, 6.07) is 4.38. The van der Waals surface area contributed by atoms with E-state index in [1.165, 1.54) is 6.07 Å². The molecular formula is C9H9NO3. The molecule has 0 spiro atoms. The van der Waals surface area contributed by atoms with Crippen LogP contribution >= 0.6 is 0 Å². The number of anilines is 1. The highest BCUT2D eigenvalue weighted by Crippen LogP contribution is 2.36. The summed E-state index contributed by atoms with van der Waals surface area (Å²) in [5.41, 5.74) is 0.481. The Morgan fingerprint density at radius 3 is 3.08 bits per heavy atom. The van der Waals surface area contributed by atoms with Gasteiger partial charge in [-0.3, -0.25) is 0 Å². The predicted molar refractivity (Wildman–Crippen MR) is 46.8 cm³/mol. The van der Waals surface area contributed by atoms with E-state index >= 15 is 0 Å². The van der Waals surface area contributed by atoms with Gasteiger partial charge in [0.1, 0.15) is 17.5 Å². The van der Waals surface area contributed by atoms with Crippen LogP contribution in [0.3, 0.4) is 0 Å². The zero-order valence-electron chi connectivity index (χ0n) is 7.07. The molecule has 0 amide bonds. The van der Waals surface area contributed by atoms with Crippen molar-refractivity contribution in [1.29, 1.82) is 0 Å². The monoisotopic (exact) mass is 179 g/mol. The fourth-order valence-corrected chi connectivity index (χ4v) is 1.22. The molecule has 0 aliphatic carbocycles. The third-order valence-electron chi connectivity index (χ3n) is 1.93. The van der Waals surface area contributed by atoms with Gasteiger partial charge in [-0.2, -0.15) is 0 Å². The summed E-state index contributed by atoms with van der Waals surface area (Å²) in [6.07, 6.45) is 0. The van der Waals surface area contributed by atoms with Gasteiger partial charge >= 0.3 is 5.97 Å². The topological polar surface area (TPSA) is 58.6 Å². The molecule has 1 aliphatic rings. The van der Waals surface area contributed by atoms with E-state index in [0.29, 0.717) is 11.4 Å². The van der Waals surface area contributed by atoms with Gasteiger partial charge in [0.15, 0.2) is 5.75 Å². The second-order valence-electron chi connectivity index (χ2n) is 2.94. The lowest BCUT2D eigenvalue weighted by Gasteiger charge is -2.23. The Morgan fingerprint density at radius 2 is 2.31 bits per heavy atom. The number of phenolic OH excluding ortho intramolecular Hbond substituents is 1. The Bertz CT molecular complexity index is 362. The Balaban J connectivity index is 2.48. The number of rotatable bonds is 0. The molecule has 4 nitrogen and oxygen atoms in total. The molecule has 68 valence electrons. The van der Waals surface area contributed by atoms with Crippen LogP contribution in [0.5, 0.6) is 11.5 Å². The van der Waals surface area contributed by atoms with E-state index in [-0.39, 0.29) is 11.7 Å². The zero-order chi connectivity index (χ0) is 9.42. The van der Waals surface area contributed by atoms with Crippen molar-refractivity contribution in [3.05, 3.63) is 18.2 Å². The SMILES string of the molecule is CC1Nc2c(O)cccc2OC1=O. The summed E-state index contributed by atoms with van der Waals surface area (Å²) in [6.45, 7) is 1.68. The summed E-state index contributed by atoms with van der Waals surface area (Å²) in [4.78, 5) is 11.1. The Kier molecular flexibility index (Phi) is 1.62.